The van der Waals surface area contributed by atoms with E-state index in [9.17, 15) is 8.42 Å². The second-order valence-corrected chi connectivity index (χ2v) is 6.45. The normalized spacial score (nSPS) is 11.1. The molecule has 1 rings (SSSR count). The van der Waals surface area contributed by atoms with Gasteiger partial charge in [-0.25, -0.2) is 13.1 Å². The lowest BCUT2D eigenvalue weighted by Gasteiger charge is -2.09. The molecular formula is C11H18BrClN2O2S. The highest BCUT2D eigenvalue weighted by Crippen LogP contribution is 2.20. The third kappa shape index (κ3) is 5.24. The predicted octanol–water partition coefficient (Wildman–Crippen LogP) is 2.20. The number of nitrogens with two attached hydrogens (primary N) is 1. The van der Waals surface area contributed by atoms with Crippen LogP contribution in [-0.2, 0) is 10.0 Å². The number of sulfonamides is 1. The van der Waals surface area contributed by atoms with Crippen LogP contribution in [0.2, 0.25) is 0 Å². The van der Waals surface area contributed by atoms with Gasteiger partial charge in [0.25, 0.3) is 0 Å². The number of rotatable bonds is 6. The maximum absolute atomic E-state index is 12.0. The molecule has 0 unspecified atom stereocenters. The van der Waals surface area contributed by atoms with E-state index in [1.54, 1.807) is 19.1 Å². The summed E-state index contributed by atoms with van der Waals surface area (Å²) < 4.78 is 27.3. The van der Waals surface area contributed by atoms with Crippen LogP contribution < -0.4 is 10.5 Å². The van der Waals surface area contributed by atoms with Crippen LogP contribution >= 0.6 is 28.3 Å². The van der Waals surface area contributed by atoms with Crippen molar-refractivity contribution in [1.29, 1.82) is 0 Å². The molecule has 0 atom stereocenters. The summed E-state index contributed by atoms with van der Waals surface area (Å²) >= 11 is 3.27. The molecule has 0 aliphatic rings. The van der Waals surface area contributed by atoms with E-state index in [4.69, 9.17) is 5.73 Å². The molecule has 0 amide bonds. The van der Waals surface area contributed by atoms with E-state index in [-0.39, 0.29) is 12.4 Å². The number of nitrogens with one attached hydrogen (secondary N) is 1. The number of unbranched alkanes of at least 4 members (excludes halogenated alkanes) is 1. The van der Waals surface area contributed by atoms with Crippen molar-refractivity contribution in [1.82, 2.24) is 4.72 Å². The quantitative estimate of drug-likeness (QED) is 0.767. The first-order chi connectivity index (χ1) is 7.97. The highest BCUT2D eigenvalue weighted by Gasteiger charge is 2.16. The summed E-state index contributed by atoms with van der Waals surface area (Å²) in [6, 6.07) is 5.21. The fourth-order valence-corrected chi connectivity index (χ4v) is 3.27. The van der Waals surface area contributed by atoms with Crippen LogP contribution in [0.15, 0.2) is 27.6 Å². The monoisotopic (exact) mass is 356 g/mol. The Kier molecular flexibility index (Phi) is 8.05. The number of benzene rings is 1. The number of hydrogen-bond acceptors (Lipinski definition) is 3. The molecule has 4 nitrogen and oxygen atoms in total. The van der Waals surface area contributed by atoms with Crippen LogP contribution in [0.4, 0.5) is 0 Å². The molecule has 0 saturated heterocycles. The molecule has 0 aromatic heterocycles. The minimum Gasteiger partial charge on any atom is -0.330 e. The van der Waals surface area contributed by atoms with E-state index in [0.717, 1.165) is 22.9 Å². The van der Waals surface area contributed by atoms with Gasteiger partial charge < -0.3 is 5.73 Å². The van der Waals surface area contributed by atoms with Crippen molar-refractivity contribution in [2.75, 3.05) is 13.1 Å². The summed E-state index contributed by atoms with van der Waals surface area (Å²) in [6.45, 7) is 2.78. The standard InChI is InChI=1S/C11H17BrN2O2S.ClH/c1-9-4-5-10(12)8-11(9)17(15,16)14-7-3-2-6-13;/h4-5,8,14H,2-3,6-7,13H2,1H3;1H. The molecule has 0 heterocycles. The first kappa shape index (κ1) is 17.9. The van der Waals surface area contributed by atoms with Crippen molar-refractivity contribution in [3.63, 3.8) is 0 Å². The van der Waals surface area contributed by atoms with Crippen LogP contribution in [0.5, 0.6) is 0 Å². The second-order valence-electron chi connectivity index (χ2n) is 3.80. The van der Waals surface area contributed by atoms with Crippen LogP contribution in [0.1, 0.15) is 18.4 Å². The molecule has 0 saturated carbocycles. The van der Waals surface area contributed by atoms with Gasteiger partial charge in [0.05, 0.1) is 4.90 Å². The van der Waals surface area contributed by atoms with Crippen molar-refractivity contribution in [3.05, 3.63) is 28.2 Å². The number of aryl methyl sites for hydroxylation is 1. The van der Waals surface area contributed by atoms with Gasteiger partial charge in [-0.05, 0) is 44.0 Å². The predicted molar refractivity (Wildman–Crippen MR) is 79.6 cm³/mol. The Balaban J connectivity index is 0.00000289. The SMILES string of the molecule is Cc1ccc(Br)cc1S(=O)(=O)NCCCCN.Cl. The van der Waals surface area contributed by atoms with Crippen molar-refractivity contribution < 1.29 is 8.42 Å². The van der Waals surface area contributed by atoms with Gasteiger partial charge in [-0.2, -0.15) is 0 Å². The first-order valence-electron chi connectivity index (χ1n) is 5.43. The van der Waals surface area contributed by atoms with Gasteiger partial charge in [0.2, 0.25) is 10.0 Å². The Hall–Kier alpha value is -0.140. The van der Waals surface area contributed by atoms with Crippen LogP contribution in [0, 0.1) is 6.92 Å². The summed E-state index contributed by atoms with van der Waals surface area (Å²) in [6.07, 6.45) is 1.57. The lowest BCUT2D eigenvalue weighted by Crippen LogP contribution is -2.25. The van der Waals surface area contributed by atoms with Crippen molar-refractivity contribution in [2.45, 2.75) is 24.7 Å². The summed E-state index contributed by atoms with van der Waals surface area (Å²) in [5.74, 6) is 0. The fraction of sp³-hybridized carbons (Fsp3) is 0.455. The highest BCUT2D eigenvalue weighted by molar-refractivity contribution is 9.10. The zero-order chi connectivity index (χ0) is 12.9. The Morgan fingerprint density at radius 3 is 2.61 bits per heavy atom. The Labute approximate surface area is 123 Å². The smallest absolute Gasteiger partial charge is 0.240 e. The lowest BCUT2D eigenvalue weighted by atomic mass is 10.2. The van der Waals surface area contributed by atoms with Gasteiger partial charge in [-0.15, -0.1) is 12.4 Å². The van der Waals surface area contributed by atoms with Gasteiger partial charge in [0, 0.05) is 11.0 Å². The van der Waals surface area contributed by atoms with Crippen LogP contribution in [0.3, 0.4) is 0 Å². The average Bonchev–Trinajstić information content (AvgIpc) is 2.28. The van der Waals surface area contributed by atoms with E-state index in [2.05, 4.69) is 20.7 Å². The van der Waals surface area contributed by atoms with Gasteiger partial charge >= 0.3 is 0 Å². The topological polar surface area (TPSA) is 72.2 Å². The van der Waals surface area contributed by atoms with Gasteiger partial charge in [0.15, 0.2) is 0 Å². The Bertz CT molecular complexity index is 480. The molecular weight excluding hydrogens is 340 g/mol. The molecule has 0 radical (unpaired) electrons. The molecule has 0 aliphatic heterocycles. The van der Waals surface area contributed by atoms with E-state index < -0.39 is 10.0 Å². The summed E-state index contributed by atoms with van der Waals surface area (Å²) in [4.78, 5) is 0.319. The zero-order valence-electron chi connectivity index (χ0n) is 10.1. The maximum Gasteiger partial charge on any atom is 0.240 e. The maximum atomic E-state index is 12.0. The third-order valence-electron chi connectivity index (χ3n) is 2.36. The minimum atomic E-state index is -3.41. The Morgan fingerprint density at radius 1 is 1.33 bits per heavy atom. The third-order valence-corrected chi connectivity index (χ3v) is 4.46. The van der Waals surface area contributed by atoms with Crippen LogP contribution in [-0.4, -0.2) is 21.5 Å². The fourth-order valence-electron chi connectivity index (χ4n) is 1.42. The summed E-state index contributed by atoms with van der Waals surface area (Å²) in [7, 11) is -3.41. The summed E-state index contributed by atoms with van der Waals surface area (Å²) in [5, 5.41) is 0. The van der Waals surface area contributed by atoms with Gasteiger partial charge in [-0.3, -0.25) is 0 Å². The Morgan fingerprint density at radius 2 is 2.00 bits per heavy atom. The van der Waals surface area contributed by atoms with Crippen molar-refractivity contribution in [3.8, 4) is 0 Å². The molecule has 104 valence electrons. The number of hydrogen-bond donors (Lipinski definition) is 2. The second kappa shape index (κ2) is 8.12. The van der Waals surface area contributed by atoms with E-state index in [1.807, 2.05) is 6.07 Å². The molecule has 0 fully saturated rings. The largest absolute Gasteiger partial charge is 0.330 e. The molecule has 18 heavy (non-hydrogen) atoms. The van der Waals surface area contributed by atoms with E-state index in [0.29, 0.717) is 18.0 Å². The average molecular weight is 358 g/mol. The van der Waals surface area contributed by atoms with Crippen LogP contribution in [0.25, 0.3) is 0 Å². The highest BCUT2D eigenvalue weighted by atomic mass is 79.9. The molecule has 1 aromatic rings. The molecule has 0 bridgehead atoms. The van der Waals surface area contributed by atoms with E-state index in [1.165, 1.54) is 0 Å². The molecule has 1 aromatic carbocycles. The van der Waals surface area contributed by atoms with Gasteiger partial charge in [-0.1, -0.05) is 22.0 Å². The van der Waals surface area contributed by atoms with Gasteiger partial charge in [0.1, 0.15) is 0 Å². The molecule has 3 N–H and O–H groups in total. The lowest BCUT2D eigenvalue weighted by molar-refractivity contribution is 0.576. The van der Waals surface area contributed by atoms with Crippen molar-refractivity contribution in [2.24, 2.45) is 5.73 Å². The minimum absolute atomic E-state index is 0. The molecule has 0 spiro atoms. The molecule has 7 heteroatoms. The van der Waals surface area contributed by atoms with Crippen molar-refractivity contribution >= 4 is 38.4 Å². The van der Waals surface area contributed by atoms with E-state index >= 15 is 0 Å². The zero-order valence-corrected chi connectivity index (χ0v) is 13.4. The first-order valence-corrected chi connectivity index (χ1v) is 7.71. The number of halogens is 2. The summed E-state index contributed by atoms with van der Waals surface area (Å²) in [5.41, 5.74) is 6.09. The molecule has 0 aliphatic carbocycles.